The standard InChI is InChI=1S/C10H10N2O2/c1-14-9-2-3-10-7(5-9)4-8(12-10)6-11-13/h2-6,12-13H,1H3/b11-6+. The number of nitrogens with one attached hydrogen (secondary N) is 1. The summed E-state index contributed by atoms with van der Waals surface area (Å²) < 4.78 is 5.09. The van der Waals surface area contributed by atoms with E-state index in [-0.39, 0.29) is 0 Å². The summed E-state index contributed by atoms with van der Waals surface area (Å²) in [5.74, 6) is 0.809. The van der Waals surface area contributed by atoms with Crippen LogP contribution < -0.4 is 4.74 Å². The largest absolute Gasteiger partial charge is 0.497 e. The van der Waals surface area contributed by atoms with Crippen LogP contribution in [0.4, 0.5) is 0 Å². The summed E-state index contributed by atoms with van der Waals surface area (Å²) >= 11 is 0. The van der Waals surface area contributed by atoms with E-state index in [9.17, 15) is 0 Å². The van der Waals surface area contributed by atoms with Crippen LogP contribution in [-0.2, 0) is 0 Å². The molecule has 2 N–H and O–H groups in total. The van der Waals surface area contributed by atoms with Crippen LogP contribution in [0.1, 0.15) is 5.69 Å². The first kappa shape index (κ1) is 8.62. The SMILES string of the molecule is COc1ccc2[nH]c(/C=N/O)cc2c1. The van der Waals surface area contributed by atoms with E-state index < -0.39 is 0 Å². The van der Waals surface area contributed by atoms with Gasteiger partial charge in [-0.15, -0.1) is 0 Å². The predicted molar refractivity (Wildman–Crippen MR) is 54.2 cm³/mol. The first-order chi connectivity index (χ1) is 6.83. The topological polar surface area (TPSA) is 57.6 Å². The molecule has 0 spiro atoms. The Balaban J connectivity index is 2.54. The molecule has 72 valence electrons. The number of H-pyrrole nitrogens is 1. The summed E-state index contributed by atoms with van der Waals surface area (Å²) in [7, 11) is 1.63. The second-order valence-electron chi connectivity index (χ2n) is 2.92. The zero-order valence-electron chi connectivity index (χ0n) is 7.69. The van der Waals surface area contributed by atoms with Crippen molar-refractivity contribution in [1.82, 2.24) is 4.98 Å². The van der Waals surface area contributed by atoms with Gasteiger partial charge in [0.1, 0.15) is 5.75 Å². The van der Waals surface area contributed by atoms with Gasteiger partial charge >= 0.3 is 0 Å². The first-order valence-electron chi connectivity index (χ1n) is 4.17. The van der Waals surface area contributed by atoms with Gasteiger partial charge in [0.15, 0.2) is 0 Å². The summed E-state index contributed by atoms with van der Waals surface area (Å²) in [5.41, 5.74) is 1.75. The third kappa shape index (κ3) is 1.42. The van der Waals surface area contributed by atoms with Crippen LogP contribution in [-0.4, -0.2) is 23.5 Å². The Labute approximate surface area is 80.8 Å². The second-order valence-corrected chi connectivity index (χ2v) is 2.92. The van der Waals surface area contributed by atoms with Crippen LogP contribution in [0, 0.1) is 0 Å². The van der Waals surface area contributed by atoms with E-state index in [0.29, 0.717) is 0 Å². The van der Waals surface area contributed by atoms with Crippen LogP contribution >= 0.6 is 0 Å². The van der Waals surface area contributed by atoms with Gasteiger partial charge < -0.3 is 14.9 Å². The monoisotopic (exact) mass is 190 g/mol. The van der Waals surface area contributed by atoms with Crippen LogP contribution in [0.2, 0.25) is 0 Å². The Morgan fingerprint density at radius 2 is 2.29 bits per heavy atom. The fraction of sp³-hybridized carbons (Fsp3) is 0.100. The maximum Gasteiger partial charge on any atom is 0.119 e. The molecule has 0 fully saturated rings. The minimum atomic E-state index is 0.760. The number of nitrogens with zero attached hydrogens (tertiary/aromatic N) is 1. The number of hydrogen-bond acceptors (Lipinski definition) is 3. The Morgan fingerprint density at radius 1 is 1.43 bits per heavy atom. The maximum atomic E-state index is 8.37. The van der Waals surface area contributed by atoms with Crippen molar-refractivity contribution in [3.05, 3.63) is 30.0 Å². The molecule has 0 saturated carbocycles. The van der Waals surface area contributed by atoms with Crippen LogP contribution in [0.5, 0.6) is 5.75 Å². The smallest absolute Gasteiger partial charge is 0.119 e. The molecule has 4 nitrogen and oxygen atoms in total. The predicted octanol–water partition coefficient (Wildman–Crippen LogP) is 1.98. The van der Waals surface area contributed by atoms with Crippen LogP contribution in [0.25, 0.3) is 10.9 Å². The van der Waals surface area contributed by atoms with Gasteiger partial charge in [0.25, 0.3) is 0 Å². The normalized spacial score (nSPS) is 11.2. The van der Waals surface area contributed by atoms with Gasteiger partial charge in [0, 0.05) is 10.9 Å². The molecule has 0 bridgehead atoms. The minimum Gasteiger partial charge on any atom is -0.497 e. The molecular formula is C10H10N2O2. The molecule has 0 amide bonds. The quantitative estimate of drug-likeness (QED) is 0.432. The van der Waals surface area contributed by atoms with E-state index in [1.54, 1.807) is 7.11 Å². The third-order valence-electron chi connectivity index (χ3n) is 2.05. The Kier molecular flexibility index (Phi) is 2.10. The summed E-state index contributed by atoms with van der Waals surface area (Å²) in [6.07, 6.45) is 1.35. The zero-order chi connectivity index (χ0) is 9.97. The molecule has 14 heavy (non-hydrogen) atoms. The number of rotatable bonds is 2. The van der Waals surface area contributed by atoms with Crippen molar-refractivity contribution >= 4 is 17.1 Å². The average molecular weight is 190 g/mol. The molecule has 0 aliphatic heterocycles. The summed E-state index contributed by atoms with van der Waals surface area (Å²) in [4.78, 5) is 3.08. The fourth-order valence-electron chi connectivity index (χ4n) is 1.39. The highest BCUT2D eigenvalue weighted by Gasteiger charge is 2.00. The molecule has 0 unspecified atom stereocenters. The van der Waals surface area contributed by atoms with Gasteiger partial charge in [-0.2, -0.15) is 0 Å². The number of fused-ring (bicyclic) bond motifs is 1. The molecule has 2 aromatic rings. The van der Waals surface area contributed by atoms with Gasteiger partial charge in [0.05, 0.1) is 19.0 Å². The van der Waals surface area contributed by atoms with Gasteiger partial charge in [0.2, 0.25) is 0 Å². The average Bonchev–Trinajstić information content (AvgIpc) is 2.59. The lowest BCUT2D eigenvalue weighted by molar-refractivity contribution is 0.321. The molecular weight excluding hydrogens is 180 g/mol. The lowest BCUT2D eigenvalue weighted by atomic mass is 10.2. The number of hydrogen-bond donors (Lipinski definition) is 2. The summed E-state index contributed by atoms with van der Waals surface area (Å²) in [5, 5.41) is 12.4. The molecule has 4 heteroatoms. The van der Waals surface area contributed by atoms with Crippen molar-refractivity contribution in [3.8, 4) is 5.75 Å². The van der Waals surface area contributed by atoms with Crippen LogP contribution in [0.15, 0.2) is 29.4 Å². The summed E-state index contributed by atoms with van der Waals surface area (Å²) in [6, 6.07) is 7.60. The van der Waals surface area contributed by atoms with Crippen molar-refractivity contribution in [2.75, 3.05) is 7.11 Å². The van der Waals surface area contributed by atoms with E-state index in [1.165, 1.54) is 6.21 Å². The van der Waals surface area contributed by atoms with Crippen molar-refractivity contribution in [2.45, 2.75) is 0 Å². The number of ether oxygens (including phenoxy) is 1. The summed E-state index contributed by atoms with van der Waals surface area (Å²) in [6.45, 7) is 0. The highest BCUT2D eigenvalue weighted by atomic mass is 16.5. The third-order valence-corrected chi connectivity index (χ3v) is 2.05. The van der Waals surface area contributed by atoms with E-state index in [4.69, 9.17) is 9.94 Å². The molecule has 0 atom stereocenters. The van der Waals surface area contributed by atoms with Gasteiger partial charge in [-0.05, 0) is 24.3 Å². The van der Waals surface area contributed by atoms with Crippen LogP contribution in [0.3, 0.4) is 0 Å². The minimum absolute atomic E-state index is 0.760. The fourth-order valence-corrected chi connectivity index (χ4v) is 1.39. The maximum absolute atomic E-state index is 8.37. The van der Waals surface area contributed by atoms with E-state index in [1.807, 2.05) is 24.3 Å². The molecule has 2 rings (SSSR count). The van der Waals surface area contributed by atoms with Gasteiger partial charge in [-0.1, -0.05) is 5.16 Å². The Bertz CT molecular complexity index is 474. The van der Waals surface area contributed by atoms with Gasteiger partial charge in [-0.25, -0.2) is 0 Å². The number of methoxy groups -OCH3 is 1. The molecule has 1 aromatic carbocycles. The van der Waals surface area contributed by atoms with Crippen molar-refractivity contribution in [2.24, 2.45) is 5.16 Å². The van der Waals surface area contributed by atoms with Crippen molar-refractivity contribution in [1.29, 1.82) is 0 Å². The van der Waals surface area contributed by atoms with Gasteiger partial charge in [-0.3, -0.25) is 0 Å². The first-order valence-corrected chi connectivity index (χ1v) is 4.17. The highest BCUT2D eigenvalue weighted by molar-refractivity contribution is 5.90. The molecule has 1 aromatic heterocycles. The molecule has 0 saturated heterocycles. The lowest BCUT2D eigenvalue weighted by Crippen LogP contribution is -1.80. The van der Waals surface area contributed by atoms with E-state index >= 15 is 0 Å². The van der Waals surface area contributed by atoms with E-state index in [0.717, 1.165) is 22.3 Å². The number of oxime groups is 1. The van der Waals surface area contributed by atoms with E-state index in [2.05, 4.69) is 10.1 Å². The molecule has 0 radical (unpaired) electrons. The molecule has 1 heterocycles. The number of aromatic nitrogens is 1. The molecule has 0 aliphatic rings. The Hall–Kier alpha value is -1.97. The molecule has 0 aliphatic carbocycles. The van der Waals surface area contributed by atoms with Crippen molar-refractivity contribution in [3.63, 3.8) is 0 Å². The lowest BCUT2D eigenvalue weighted by Gasteiger charge is -1.97. The zero-order valence-corrected chi connectivity index (χ0v) is 7.69. The number of aromatic amines is 1. The second kappa shape index (κ2) is 3.41. The number of benzene rings is 1. The van der Waals surface area contributed by atoms with Crippen molar-refractivity contribution < 1.29 is 9.94 Å². The Morgan fingerprint density at radius 3 is 3.00 bits per heavy atom. The highest BCUT2D eigenvalue weighted by Crippen LogP contribution is 2.20.